The summed E-state index contributed by atoms with van der Waals surface area (Å²) in [5.41, 5.74) is -2.28. The first-order valence-electron chi connectivity index (χ1n) is 6.12. The summed E-state index contributed by atoms with van der Waals surface area (Å²) in [6.07, 6.45) is -0.433. The lowest BCUT2D eigenvalue weighted by Crippen LogP contribution is -2.65. The molecule has 1 saturated carbocycles. The number of hydrogen-bond donors (Lipinski definition) is 2. The highest BCUT2D eigenvalue weighted by atomic mass is 19.3. The van der Waals surface area contributed by atoms with Crippen LogP contribution in [0.1, 0.15) is 46.5 Å². The number of rotatable bonds is 4. The van der Waals surface area contributed by atoms with Crippen LogP contribution >= 0.6 is 0 Å². The number of nitrogens with one attached hydrogen (secondary N) is 1. The summed E-state index contributed by atoms with van der Waals surface area (Å²) in [6, 6.07) is 0. The van der Waals surface area contributed by atoms with E-state index in [1.807, 2.05) is 0 Å². The average molecular weight is 265 g/mol. The second kappa shape index (κ2) is 4.99. The molecule has 0 spiro atoms. The molecule has 1 aliphatic carbocycles. The maximum absolute atomic E-state index is 13.9. The molecular weight excluding hydrogens is 244 g/mol. The van der Waals surface area contributed by atoms with E-state index in [0.29, 0.717) is 6.42 Å². The molecule has 6 heteroatoms. The van der Waals surface area contributed by atoms with Gasteiger partial charge >= 0.3 is 6.09 Å². The number of carbonyl (C=O) groups excluding carboxylic acids is 1. The molecule has 106 valence electrons. The molecule has 0 aliphatic heterocycles. The van der Waals surface area contributed by atoms with Crippen LogP contribution in [-0.4, -0.2) is 34.9 Å². The summed E-state index contributed by atoms with van der Waals surface area (Å²) in [6.45, 7) is 4.41. The van der Waals surface area contributed by atoms with Crippen molar-refractivity contribution in [3.05, 3.63) is 0 Å². The third-order valence-electron chi connectivity index (χ3n) is 3.07. The van der Waals surface area contributed by atoms with E-state index in [1.54, 1.807) is 20.8 Å². The van der Waals surface area contributed by atoms with Gasteiger partial charge in [0.05, 0.1) is 0 Å². The molecule has 1 aliphatic rings. The molecule has 18 heavy (non-hydrogen) atoms. The van der Waals surface area contributed by atoms with Gasteiger partial charge in [0.25, 0.3) is 5.92 Å². The summed E-state index contributed by atoms with van der Waals surface area (Å²) in [5.74, 6) is -3.11. The van der Waals surface area contributed by atoms with Crippen molar-refractivity contribution in [2.75, 3.05) is 6.61 Å². The average Bonchev–Trinajstić information content (AvgIpc) is 2.07. The van der Waals surface area contributed by atoms with Gasteiger partial charge in [-0.1, -0.05) is 0 Å². The number of ether oxygens (including phenoxy) is 1. The van der Waals surface area contributed by atoms with Crippen LogP contribution in [0, 0.1) is 0 Å². The van der Waals surface area contributed by atoms with Crippen LogP contribution in [0.3, 0.4) is 0 Å². The van der Waals surface area contributed by atoms with Crippen LogP contribution in [0.5, 0.6) is 0 Å². The first-order chi connectivity index (χ1) is 8.12. The van der Waals surface area contributed by atoms with E-state index >= 15 is 0 Å². The molecule has 0 saturated heterocycles. The van der Waals surface area contributed by atoms with E-state index in [2.05, 4.69) is 5.32 Å². The molecule has 0 heterocycles. The molecule has 2 N–H and O–H groups in total. The van der Waals surface area contributed by atoms with Crippen molar-refractivity contribution in [1.29, 1.82) is 0 Å². The van der Waals surface area contributed by atoms with Gasteiger partial charge in [0, 0.05) is 13.0 Å². The highest BCUT2D eigenvalue weighted by molar-refractivity contribution is 5.69. The summed E-state index contributed by atoms with van der Waals surface area (Å²) < 4.78 is 32.8. The molecule has 0 radical (unpaired) electrons. The van der Waals surface area contributed by atoms with E-state index in [1.165, 1.54) is 0 Å². The Kier molecular flexibility index (Phi) is 4.20. The molecular formula is C12H21F2NO3. The van der Waals surface area contributed by atoms with Gasteiger partial charge < -0.3 is 15.2 Å². The molecule has 4 nitrogen and oxygen atoms in total. The number of alkyl carbamates (subject to hydrolysis) is 1. The predicted octanol–water partition coefficient (Wildman–Crippen LogP) is 2.45. The number of carbonyl (C=O) groups is 1. The maximum atomic E-state index is 13.9. The van der Waals surface area contributed by atoms with E-state index in [0.717, 1.165) is 0 Å². The fourth-order valence-corrected chi connectivity index (χ4v) is 1.99. The van der Waals surface area contributed by atoms with Gasteiger partial charge in [-0.05, 0) is 40.0 Å². The Hall–Kier alpha value is -0.910. The Morgan fingerprint density at radius 1 is 1.39 bits per heavy atom. The number of alkyl halides is 2. The van der Waals surface area contributed by atoms with Crippen LogP contribution in [0.25, 0.3) is 0 Å². The normalized spacial score (nSPS) is 19.0. The van der Waals surface area contributed by atoms with Crippen molar-refractivity contribution >= 4 is 6.09 Å². The molecule has 0 aromatic rings. The predicted molar refractivity (Wildman–Crippen MR) is 62.6 cm³/mol. The van der Waals surface area contributed by atoms with Crippen LogP contribution < -0.4 is 5.32 Å². The SMILES string of the molecule is CC(C)(C)OC(=O)NC1(C(F)(F)CCO)CCC1. The topological polar surface area (TPSA) is 58.6 Å². The van der Waals surface area contributed by atoms with Gasteiger partial charge in [0.15, 0.2) is 0 Å². The minimum absolute atomic E-state index is 0.208. The molecule has 1 fully saturated rings. The fourth-order valence-electron chi connectivity index (χ4n) is 1.99. The largest absolute Gasteiger partial charge is 0.444 e. The van der Waals surface area contributed by atoms with Crippen LogP contribution in [0.2, 0.25) is 0 Å². The zero-order valence-electron chi connectivity index (χ0n) is 11.1. The Morgan fingerprint density at radius 2 is 1.94 bits per heavy atom. The van der Waals surface area contributed by atoms with E-state index in [4.69, 9.17) is 9.84 Å². The monoisotopic (exact) mass is 265 g/mol. The third-order valence-corrected chi connectivity index (χ3v) is 3.07. The summed E-state index contributed by atoms with van der Waals surface area (Å²) in [4.78, 5) is 11.6. The van der Waals surface area contributed by atoms with Crippen molar-refractivity contribution in [2.45, 2.75) is 63.5 Å². The standard InChI is InChI=1S/C12H21F2NO3/c1-10(2,3)18-9(17)15-11(5-4-6-11)12(13,14)7-8-16/h16H,4-8H2,1-3H3,(H,15,17). The zero-order valence-corrected chi connectivity index (χ0v) is 11.1. The minimum atomic E-state index is -3.11. The van der Waals surface area contributed by atoms with E-state index < -0.39 is 36.2 Å². The fraction of sp³-hybridized carbons (Fsp3) is 0.917. The first-order valence-corrected chi connectivity index (χ1v) is 6.12. The summed E-state index contributed by atoms with van der Waals surface area (Å²) in [5, 5.41) is 11.0. The molecule has 1 amide bonds. The number of amides is 1. The maximum Gasteiger partial charge on any atom is 0.408 e. The number of hydrogen-bond acceptors (Lipinski definition) is 3. The number of aliphatic hydroxyl groups excluding tert-OH is 1. The van der Waals surface area contributed by atoms with Gasteiger partial charge in [-0.3, -0.25) is 0 Å². The lowest BCUT2D eigenvalue weighted by molar-refractivity contribution is -0.134. The second-order valence-electron chi connectivity index (χ2n) is 5.74. The molecule has 0 unspecified atom stereocenters. The van der Waals surface area contributed by atoms with Crippen molar-refractivity contribution in [3.63, 3.8) is 0 Å². The van der Waals surface area contributed by atoms with Crippen molar-refractivity contribution in [3.8, 4) is 0 Å². The Bertz CT molecular complexity index is 309. The summed E-state index contributed by atoms with van der Waals surface area (Å²) >= 11 is 0. The molecule has 0 bridgehead atoms. The van der Waals surface area contributed by atoms with Crippen molar-refractivity contribution in [2.24, 2.45) is 0 Å². The zero-order chi connectivity index (χ0) is 14.0. The number of halogens is 2. The second-order valence-corrected chi connectivity index (χ2v) is 5.74. The van der Waals surface area contributed by atoms with Crippen LogP contribution in [0.15, 0.2) is 0 Å². The van der Waals surface area contributed by atoms with Gasteiger partial charge in [-0.15, -0.1) is 0 Å². The van der Waals surface area contributed by atoms with Crippen LogP contribution in [-0.2, 0) is 4.74 Å². The van der Waals surface area contributed by atoms with Gasteiger partial charge in [0.2, 0.25) is 0 Å². The highest BCUT2D eigenvalue weighted by Crippen LogP contribution is 2.46. The third kappa shape index (κ3) is 3.31. The smallest absolute Gasteiger partial charge is 0.408 e. The quantitative estimate of drug-likeness (QED) is 0.821. The van der Waals surface area contributed by atoms with Gasteiger partial charge in [-0.25, -0.2) is 13.6 Å². The minimum Gasteiger partial charge on any atom is -0.444 e. The Labute approximate surface area is 106 Å². The lowest BCUT2D eigenvalue weighted by atomic mass is 9.71. The summed E-state index contributed by atoms with van der Waals surface area (Å²) in [7, 11) is 0. The van der Waals surface area contributed by atoms with Gasteiger partial charge in [-0.2, -0.15) is 0 Å². The molecule has 0 aromatic carbocycles. The van der Waals surface area contributed by atoms with Crippen LogP contribution in [0.4, 0.5) is 13.6 Å². The molecule has 1 rings (SSSR count). The lowest BCUT2D eigenvalue weighted by Gasteiger charge is -2.47. The first kappa shape index (κ1) is 15.1. The Balaban J connectivity index is 2.69. The van der Waals surface area contributed by atoms with Gasteiger partial charge in [0.1, 0.15) is 11.1 Å². The molecule has 0 aromatic heterocycles. The van der Waals surface area contributed by atoms with Crippen molar-refractivity contribution < 1.29 is 23.4 Å². The van der Waals surface area contributed by atoms with E-state index in [-0.39, 0.29) is 12.8 Å². The Morgan fingerprint density at radius 3 is 2.28 bits per heavy atom. The van der Waals surface area contributed by atoms with E-state index in [9.17, 15) is 13.6 Å². The van der Waals surface area contributed by atoms with Crippen molar-refractivity contribution in [1.82, 2.24) is 5.32 Å². The molecule has 0 atom stereocenters. The highest BCUT2D eigenvalue weighted by Gasteiger charge is 2.57. The number of aliphatic hydroxyl groups is 1.